The number of para-hydroxylation sites is 1. The van der Waals surface area contributed by atoms with E-state index in [-0.39, 0.29) is 12.4 Å². The molecule has 0 heterocycles. The molecule has 4 nitrogen and oxygen atoms in total. The molecule has 2 aromatic carbocycles. The van der Waals surface area contributed by atoms with Crippen LogP contribution in [-0.2, 0) is 5.60 Å². The molecule has 0 saturated carbocycles. The first-order valence-electron chi connectivity index (χ1n) is 6.96. The van der Waals surface area contributed by atoms with Crippen LogP contribution < -0.4 is 10.5 Å². The van der Waals surface area contributed by atoms with Crippen molar-refractivity contribution in [2.45, 2.75) is 12.5 Å². The molecule has 6 heteroatoms. The summed E-state index contributed by atoms with van der Waals surface area (Å²) in [4.78, 5) is 7.92. The zero-order valence-corrected chi connectivity index (χ0v) is 13.4. The molecular formula is C17H17ClFN3O. The van der Waals surface area contributed by atoms with Crippen LogP contribution in [0.1, 0.15) is 12.5 Å². The molecule has 2 N–H and O–H groups in total. The quantitative estimate of drug-likeness (QED) is 0.646. The highest BCUT2D eigenvalue weighted by Crippen LogP contribution is 2.33. The number of ether oxygens (including phenoxy) is 1. The lowest BCUT2D eigenvalue weighted by molar-refractivity contribution is 0.0972. The number of nitrogens with zero attached hydrogens (tertiary/aromatic N) is 2. The average Bonchev–Trinajstić information content (AvgIpc) is 2.54. The van der Waals surface area contributed by atoms with Crippen LogP contribution in [-0.4, -0.2) is 19.2 Å². The zero-order valence-electron chi connectivity index (χ0n) is 12.6. The third-order valence-electron chi connectivity index (χ3n) is 3.25. The Morgan fingerprint density at radius 1 is 1.22 bits per heavy atom. The molecule has 0 aliphatic carbocycles. The largest absolute Gasteiger partial charge is 0.479 e. The smallest absolute Gasteiger partial charge is 0.151 e. The standard InChI is InChI=1S/C17H17ClFN3O/c1-17(10-21-12-22-11-20,13-6-8-14(19)9-7-13)23-16-5-3-2-4-15(16)18/h2-9,11-12H,10H2,1H3,(H2,20,21,22). The molecule has 0 spiro atoms. The fraction of sp³-hybridized carbons (Fsp3) is 0.176. The summed E-state index contributed by atoms with van der Waals surface area (Å²) >= 11 is 6.16. The van der Waals surface area contributed by atoms with Gasteiger partial charge >= 0.3 is 0 Å². The van der Waals surface area contributed by atoms with Gasteiger partial charge in [0.1, 0.15) is 17.9 Å². The van der Waals surface area contributed by atoms with Crippen molar-refractivity contribution in [2.24, 2.45) is 15.7 Å². The second-order valence-electron chi connectivity index (χ2n) is 5.02. The van der Waals surface area contributed by atoms with E-state index in [1.54, 1.807) is 24.3 Å². The number of aliphatic imine (C=N–C) groups is 2. The van der Waals surface area contributed by atoms with E-state index < -0.39 is 5.60 Å². The van der Waals surface area contributed by atoms with Crippen molar-refractivity contribution >= 4 is 24.3 Å². The van der Waals surface area contributed by atoms with E-state index in [1.165, 1.54) is 18.5 Å². The van der Waals surface area contributed by atoms with Crippen LogP contribution in [0.15, 0.2) is 58.5 Å². The molecular weight excluding hydrogens is 317 g/mol. The first-order valence-corrected chi connectivity index (χ1v) is 7.34. The van der Waals surface area contributed by atoms with Crippen LogP contribution in [0.5, 0.6) is 5.75 Å². The third-order valence-corrected chi connectivity index (χ3v) is 3.57. The van der Waals surface area contributed by atoms with Gasteiger partial charge in [0.05, 0.1) is 17.9 Å². The SMILES string of the molecule is CC(CN=CN=CN)(Oc1ccccc1Cl)c1ccc(F)cc1. The maximum Gasteiger partial charge on any atom is 0.151 e. The van der Waals surface area contributed by atoms with Gasteiger partial charge in [-0.2, -0.15) is 0 Å². The fourth-order valence-corrected chi connectivity index (χ4v) is 2.23. The number of nitrogens with two attached hydrogens (primary N) is 1. The van der Waals surface area contributed by atoms with E-state index in [2.05, 4.69) is 9.98 Å². The minimum absolute atomic E-state index is 0.265. The minimum Gasteiger partial charge on any atom is -0.479 e. The van der Waals surface area contributed by atoms with Gasteiger partial charge in [0.25, 0.3) is 0 Å². The van der Waals surface area contributed by atoms with E-state index >= 15 is 0 Å². The van der Waals surface area contributed by atoms with Crippen LogP contribution in [0.25, 0.3) is 0 Å². The molecule has 0 aromatic heterocycles. The van der Waals surface area contributed by atoms with Gasteiger partial charge < -0.3 is 10.5 Å². The van der Waals surface area contributed by atoms with Crippen molar-refractivity contribution in [3.63, 3.8) is 0 Å². The second-order valence-corrected chi connectivity index (χ2v) is 5.43. The van der Waals surface area contributed by atoms with Crippen molar-refractivity contribution in [2.75, 3.05) is 6.54 Å². The van der Waals surface area contributed by atoms with E-state index in [0.717, 1.165) is 11.9 Å². The summed E-state index contributed by atoms with van der Waals surface area (Å²) in [5.41, 5.74) is 5.11. The van der Waals surface area contributed by atoms with Gasteiger partial charge in [-0.05, 0) is 36.8 Å². The molecule has 1 atom stereocenters. The van der Waals surface area contributed by atoms with Crippen molar-refractivity contribution in [3.8, 4) is 5.75 Å². The first-order chi connectivity index (χ1) is 11.0. The van der Waals surface area contributed by atoms with Crippen molar-refractivity contribution < 1.29 is 9.13 Å². The molecule has 0 aliphatic rings. The summed E-state index contributed by atoms with van der Waals surface area (Å²) < 4.78 is 19.3. The minimum atomic E-state index is -0.834. The Bertz CT molecular complexity index is 703. The van der Waals surface area contributed by atoms with Gasteiger partial charge in [-0.15, -0.1) is 0 Å². The topological polar surface area (TPSA) is 60.0 Å². The predicted molar refractivity (Wildman–Crippen MR) is 91.9 cm³/mol. The predicted octanol–water partition coefficient (Wildman–Crippen LogP) is 3.79. The van der Waals surface area contributed by atoms with E-state index in [9.17, 15) is 4.39 Å². The Kier molecular flexibility index (Phi) is 5.71. The van der Waals surface area contributed by atoms with Crippen LogP contribution in [0.2, 0.25) is 5.02 Å². The third kappa shape index (κ3) is 4.53. The monoisotopic (exact) mass is 333 g/mol. The van der Waals surface area contributed by atoms with Crippen molar-refractivity contribution in [1.82, 2.24) is 0 Å². The van der Waals surface area contributed by atoms with Crippen molar-refractivity contribution in [3.05, 3.63) is 64.9 Å². The van der Waals surface area contributed by atoms with Crippen molar-refractivity contribution in [1.29, 1.82) is 0 Å². The van der Waals surface area contributed by atoms with Gasteiger partial charge in [0.15, 0.2) is 5.60 Å². The Hall–Kier alpha value is -2.40. The number of halogens is 2. The Morgan fingerprint density at radius 2 is 1.91 bits per heavy atom. The average molecular weight is 334 g/mol. The van der Waals surface area contributed by atoms with E-state index in [1.807, 2.05) is 19.1 Å². The molecule has 2 aromatic rings. The number of hydrogen-bond acceptors (Lipinski definition) is 2. The van der Waals surface area contributed by atoms with Crippen LogP contribution >= 0.6 is 11.6 Å². The lowest BCUT2D eigenvalue weighted by Crippen LogP contribution is -2.33. The van der Waals surface area contributed by atoms with Gasteiger partial charge in [-0.1, -0.05) is 35.9 Å². The number of rotatable bonds is 6. The fourth-order valence-electron chi connectivity index (χ4n) is 2.06. The van der Waals surface area contributed by atoms with Crippen LogP contribution in [0.4, 0.5) is 4.39 Å². The molecule has 2 rings (SSSR count). The molecule has 0 amide bonds. The molecule has 0 saturated heterocycles. The normalized spacial score (nSPS) is 14.2. The Labute approximate surface area is 139 Å². The maximum absolute atomic E-state index is 13.2. The molecule has 1 unspecified atom stereocenters. The molecule has 23 heavy (non-hydrogen) atoms. The van der Waals surface area contributed by atoms with Gasteiger partial charge in [0.2, 0.25) is 0 Å². The van der Waals surface area contributed by atoms with E-state index in [4.69, 9.17) is 22.1 Å². The van der Waals surface area contributed by atoms with Crippen LogP contribution in [0.3, 0.4) is 0 Å². The highest BCUT2D eigenvalue weighted by Gasteiger charge is 2.29. The summed E-state index contributed by atoms with van der Waals surface area (Å²) in [7, 11) is 0. The Balaban J connectivity index is 2.34. The lowest BCUT2D eigenvalue weighted by Gasteiger charge is -2.30. The van der Waals surface area contributed by atoms with Gasteiger partial charge in [-0.3, -0.25) is 4.99 Å². The van der Waals surface area contributed by atoms with Crippen LogP contribution in [0, 0.1) is 5.82 Å². The summed E-state index contributed by atoms with van der Waals surface area (Å²) in [6.07, 6.45) is 2.49. The number of hydrogen-bond donors (Lipinski definition) is 1. The maximum atomic E-state index is 13.2. The first kappa shape index (κ1) is 17.0. The molecule has 0 fully saturated rings. The molecule has 0 aliphatic heterocycles. The highest BCUT2D eigenvalue weighted by molar-refractivity contribution is 6.32. The molecule has 0 bridgehead atoms. The second kappa shape index (κ2) is 7.74. The molecule has 0 radical (unpaired) electrons. The zero-order chi connectivity index (χ0) is 16.7. The lowest BCUT2D eigenvalue weighted by atomic mass is 9.95. The highest BCUT2D eigenvalue weighted by atomic mass is 35.5. The summed E-state index contributed by atoms with van der Waals surface area (Å²) in [5.74, 6) is 0.212. The summed E-state index contributed by atoms with van der Waals surface area (Å²) in [6.45, 7) is 2.12. The molecule has 120 valence electrons. The van der Waals surface area contributed by atoms with Gasteiger partial charge in [-0.25, -0.2) is 9.38 Å². The number of benzene rings is 2. The summed E-state index contributed by atoms with van der Waals surface area (Å²) in [6, 6.07) is 13.2. The summed E-state index contributed by atoms with van der Waals surface area (Å²) in [5, 5.41) is 0.491. The van der Waals surface area contributed by atoms with Gasteiger partial charge in [0, 0.05) is 0 Å². The Morgan fingerprint density at radius 3 is 2.57 bits per heavy atom. The van der Waals surface area contributed by atoms with E-state index in [0.29, 0.717) is 10.8 Å².